The summed E-state index contributed by atoms with van der Waals surface area (Å²) in [6, 6.07) is 11.9. The molecule has 0 saturated carbocycles. The van der Waals surface area contributed by atoms with E-state index in [4.69, 9.17) is 0 Å². The Kier molecular flexibility index (Phi) is 6.63. The molecule has 0 fully saturated rings. The quantitative estimate of drug-likeness (QED) is 0.520. The third kappa shape index (κ3) is 4.98. The maximum atomic E-state index is 13.0. The predicted molar refractivity (Wildman–Crippen MR) is 137 cm³/mol. The molecule has 8 heteroatoms. The second-order valence-electron chi connectivity index (χ2n) is 10.4. The van der Waals surface area contributed by atoms with Crippen LogP contribution in [0.3, 0.4) is 0 Å². The van der Waals surface area contributed by atoms with Crippen LogP contribution in [0.1, 0.15) is 66.5 Å². The van der Waals surface area contributed by atoms with Crippen LogP contribution in [0.5, 0.6) is 0 Å². The summed E-state index contributed by atoms with van der Waals surface area (Å²) < 4.78 is 0. The van der Waals surface area contributed by atoms with Gasteiger partial charge in [-0.2, -0.15) is 0 Å². The van der Waals surface area contributed by atoms with Crippen molar-refractivity contribution in [1.82, 2.24) is 14.9 Å². The summed E-state index contributed by atoms with van der Waals surface area (Å²) in [5, 5.41) is 12.4. The topological polar surface area (TPSA) is 112 Å². The second-order valence-corrected chi connectivity index (χ2v) is 10.4. The van der Waals surface area contributed by atoms with Crippen molar-refractivity contribution in [1.29, 1.82) is 0 Å². The first-order valence-electron chi connectivity index (χ1n) is 11.9. The number of amides is 2. The number of carboxylic acids is 1. The van der Waals surface area contributed by atoms with E-state index in [0.717, 1.165) is 11.1 Å². The summed E-state index contributed by atoms with van der Waals surface area (Å²) in [6.45, 7) is 10.2. The van der Waals surface area contributed by atoms with E-state index in [9.17, 15) is 19.5 Å². The first kappa shape index (κ1) is 25.0. The number of hydrogen-bond donors (Lipinski definition) is 2. The number of anilines is 1. The highest BCUT2D eigenvalue weighted by Crippen LogP contribution is 2.30. The first-order valence-corrected chi connectivity index (χ1v) is 11.9. The lowest BCUT2D eigenvalue weighted by molar-refractivity contribution is -0.144. The molecule has 8 nitrogen and oxygen atoms in total. The molecule has 2 aromatic carbocycles. The van der Waals surface area contributed by atoms with E-state index in [-0.39, 0.29) is 29.7 Å². The molecule has 4 rings (SSSR count). The van der Waals surface area contributed by atoms with Gasteiger partial charge in [0.1, 0.15) is 6.04 Å². The molecule has 1 aliphatic rings. The molecule has 0 saturated heterocycles. The fraction of sp³-hybridized carbons (Fsp3) is 0.321. The van der Waals surface area contributed by atoms with Crippen molar-refractivity contribution in [2.45, 2.75) is 52.6 Å². The van der Waals surface area contributed by atoms with Crippen molar-refractivity contribution in [2.75, 3.05) is 5.32 Å². The van der Waals surface area contributed by atoms with Gasteiger partial charge in [0, 0.05) is 23.2 Å². The molecule has 3 aromatic rings. The van der Waals surface area contributed by atoms with E-state index >= 15 is 0 Å². The number of nitrogens with one attached hydrogen (secondary N) is 1. The summed E-state index contributed by atoms with van der Waals surface area (Å²) in [5.41, 5.74) is 4.14. The minimum Gasteiger partial charge on any atom is -0.480 e. The van der Waals surface area contributed by atoms with E-state index in [1.807, 2.05) is 24.3 Å². The van der Waals surface area contributed by atoms with Crippen LogP contribution >= 0.6 is 0 Å². The molecule has 0 bridgehead atoms. The zero-order valence-electron chi connectivity index (χ0n) is 21.1. The Morgan fingerprint density at radius 2 is 1.72 bits per heavy atom. The van der Waals surface area contributed by atoms with E-state index in [1.165, 1.54) is 17.3 Å². The lowest BCUT2D eigenvalue weighted by atomic mass is 9.87. The molecule has 36 heavy (non-hydrogen) atoms. The molecule has 186 valence electrons. The number of benzene rings is 2. The standard InChI is InChI=1S/C28H30N4O4/c1-16(2)24(27(35)36)32-15-19-7-6-18(12-21(19)26(32)34)22-13-30-23(14-29-22)31-25(33)17-8-10-20(11-9-17)28(3,4)5/h6-14,16,24H,15H2,1-5H3,(H,35,36)(H,30,31,33)/t24-/m0/s1. The van der Waals surface area contributed by atoms with Crippen LogP contribution in [0.25, 0.3) is 11.3 Å². The van der Waals surface area contributed by atoms with E-state index < -0.39 is 12.0 Å². The maximum Gasteiger partial charge on any atom is 0.326 e. The summed E-state index contributed by atoms with van der Waals surface area (Å²) in [7, 11) is 0. The van der Waals surface area contributed by atoms with Crippen molar-refractivity contribution in [3.63, 3.8) is 0 Å². The number of aliphatic carboxylic acids is 1. The number of aromatic nitrogens is 2. The van der Waals surface area contributed by atoms with E-state index in [2.05, 4.69) is 36.1 Å². The van der Waals surface area contributed by atoms with Crippen LogP contribution in [0.4, 0.5) is 5.82 Å². The monoisotopic (exact) mass is 486 g/mol. The Labute approximate surface area is 210 Å². The summed E-state index contributed by atoms with van der Waals surface area (Å²) >= 11 is 0. The lowest BCUT2D eigenvalue weighted by Crippen LogP contribution is -2.44. The van der Waals surface area contributed by atoms with Gasteiger partial charge >= 0.3 is 5.97 Å². The second kappa shape index (κ2) is 9.53. The number of fused-ring (bicyclic) bond motifs is 1. The van der Waals surface area contributed by atoms with Gasteiger partial charge in [-0.3, -0.25) is 14.6 Å². The molecule has 2 heterocycles. The van der Waals surface area contributed by atoms with Crippen molar-refractivity contribution in [3.05, 3.63) is 77.1 Å². The molecule has 0 radical (unpaired) electrons. The van der Waals surface area contributed by atoms with Gasteiger partial charge in [-0.25, -0.2) is 9.78 Å². The number of nitrogens with zero attached hydrogens (tertiary/aromatic N) is 3. The zero-order valence-corrected chi connectivity index (χ0v) is 21.1. The molecular formula is C28H30N4O4. The Bertz CT molecular complexity index is 1310. The van der Waals surface area contributed by atoms with Crippen LogP contribution in [-0.4, -0.2) is 43.8 Å². The van der Waals surface area contributed by atoms with Crippen molar-refractivity contribution >= 4 is 23.6 Å². The van der Waals surface area contributed by atoms with Crippen LogP contribution in [0, 0.1) is 5.92 Å². The van der Waals surface area contributed by atoms with Crippen LogP contribution in [-0.2, 0) is 16.8 Å². The third-order valence-corrected chi connectivity index (χ3v) is 6.36. The van der Waals surface area contributed by atoms with Gasteiger partial charge in [0.2, 0.25) is 0 Å². The average molecular weight is 487 g/mol. The van der Waals surface area contributed by atoms with Gasteiger partial charge in [-0.15, -0.1) is 0 Å². The summed E-state index contributed by atoms with van der Waals surface area (Å²) in [4.78, 5) is 47.5. The molecule has 1 atom stereocenters. The highest BCUT2D eigenvalue weighted by Gasteiger charge is 2.38. The highest BCUT2D eigenvalue weighted by atomic mass is 16.4. The van der Waals surface area contributed by atoms with Crippen molar-refractivity contribution < 1.29 is 19.5 Å². The van der Waals surface area contributed by atoms with Crippen molar-refractivity contribution in [3.8, 4) is 11.3 Å². The third-order valence-electron chi connectivity index (χ3n) is 6.36. The zero-order chi connectivity index (χ0) is 26.2. The van der Waals surface area contributed by atoms with E-state index in [1.54, 1.807) is 32.0 Å². The normalized spacial score (nSPS) is 14.1. The average Bonchev–Trinajstić information content (AvgIpc) is 3.14. The molecule has 2 amide bonds. The number of hydrogen-bond acceptors (Lipinski definition) is 5. The van der Waals surface area contributed by atoms with Gasteiger partial charge in [0.25, 0.3) is 11.8 Å². The number of carbonyl (C=O) groups is 3. The number of carboxylic acid groups (broad SMARTS) is 1. The molecule has 0 spiro atoms. The molecule has 2 N–H and O–H groups in total. The Hall–Kier alpha value is -4.07. The van der Waals surface area contributed by atoms with Crippen LogP contribution in [0.2, 0.25) is 0 Å². The minimum atomic E-state index is -1.01. The van der Waals surface area contributed by atoms with Gasteiger partial charge in [0.15, 0.2) is 5.82 Å². The largest absolute Gasteiger partial charge is 0.480 e. The first-order chi connectivity index (χ1) is 17.0. The SMILES string of the molecule is CC(C)[C@@H](C(=O)O)N1Cc2ccc(-c3cnc(NC(=O)c4ccc(C(C)(C)C)cc4)cn3)cc2C1=O. The fourth-order valence-electron chi connectivity index (χ4n) is 4.34. The molecule has 1 aliphatic heterocycles. The molecule has 0 aliphatic carbocycles. The highest BCUT2D eigenvalue weighted by molar-refractivity contribution is 6.04. The Balaban J connectivity index is 1.48. The molecular weight excluding hydrogens is 456 g/mol. The fourth-order valence-corrected chi connectivity index (χ4v) is 4.34. The predicted octanol–water partition coefficient (Wildman–Crippen LogP) is 4.76. The van der Waals surface area contributed by atoms with Crippen LogP contribution in [0.15, 0.2) is 54.9 Å². The molecule has 1 aromatic heterocycles. The lowest BCUT2D eigenvalue weighted by Gasteiger charge is -2.27. The smallest absolute Gasteiger partial charge is 0.326 e. The Morgan fingerprint density at radius 1 is 1.03 bits per heavy atom. The summed E-state index contributed by atoms with van der Waals surface area (Å²) in [5.74, 6) is -1.50. The number of carbonyl (C=O) groups excluding carboxylic acids is 2. The van der Waals surface area contributed by atoms with Gasteiger partial charge in [-0.05, 0) is 40.7 Å². The van der Waals surface area contributed by atoms with Crippen LogP contribution < -0.4 is 5.32 Å². The maximum absolute atomic E-state index is 13.0. The summed E-state index contributed by atoms with van der Waals surface area (Å²) in [6.07, 6.45) is 3.00. The van der Waals surface area contributed by atoms with Gasteiger partial charge in [-0.1, -0.05) is 58.9 Å². The van der Waals surface area contributed by atoms with Crippen molar-refractivity contribution in [2.24, 2.45) is 5.92 Å². The van der Waals surface area contributed by atoms with Gasteiger partial charge < -0.3 is 15.3 Å². The molecule has 0 unspecified atom stereocenters. The minimum absolute atomic E-state index is 0.00314. The Morgan fingerprint density at radius 3 is 2.28 bits per heavy atom. The number of rotatable bonds is 6. The van der Waals surface area contributed by atoms with Gasteiger partial charge in [0.05, 0.1) is 18.1 Å². The van der Waals surface area contributed by atoms with E-state index in [0.29, 0.717) is 28.2 Å².